The summed E-state index contributed by atoms with van der Waals surface area (Å²) in [7, 11) is 0. The SMILES string of the molecule is CCCCC(=O)Nc1ccc(N2CCN(C(=O)/C=C/c3ccccc3)CC2)cc1. The first-order chi connectivity index (χ1) is 14.2. The Balaban J connectivity index is 1.48. The quantitative estimate of drug-likeness (QED) is 0.721. The number of nitrogens with one attached hydrogen (secondary N) is 1. The average Bonchev–Trinajstić information content (AvgIpc) is 2.77. The lowest BCUT2D eigenvalue weighted by atomic mass is 10.2. The Labute approximate surface area is 173 Å². The molecule has 1 heterocycles. The van der Waals surface area contributed by atoms with Crippen molar-refractivity contribution in [2.24, 2.45) is 0 Å². The molecule has 1 aliphatic heterocycles. The van der Waals surface area contributed by atoms with E-state index in [1.807, 2.05) is 65.6 Å². The van der Waals surface area contributed by atoms with E-state index in [9.17, 15) is 9.59 Å². The van der Waals surface area contributed by atoms with Crippen molar-refractivity contribution in [1.82, 2.24) is 4.90 Å². The van der Waals surface area contributed by atoms with Gasteiger partial charge in [0.05, 0.1) is 0 Å². The first-order valence-corrected chi connectivity index (χ1v) is 10.3. The molecule has 0 atom stereocenters. The molecule has 5 nitrogen and oxygen atoms in total. The molecule has 1 saturated heterocycles. The van der Waals surface area contributed by atoms with Crippen LogP contribution in [-0.4, -0.2) is 42.9 Å². The van der Waals surface area contributed by atoms with Gasteiger partial charge in [0.2, 0.25) is 11.8 Å². The number of carbonyl (C=O) groups is 2. The maximum atomic E-state index is 12.4. The van der Waals surface area contributed by atoms with E-state index < -0.39 is 0 Å². The van der Waals surface area contributed by atoms with Gasteiger partial charge in [-0.25, -0.2) is 0 Å². The third kappa shape index (κ3) is 6.21. The highest BCUT2D eigenvalue weighted by Gasteiger charge is 2.19. The van der Waals surface area contributed by atoms with Gasteiger partial charge in [0.15, 0.2) is 0 Å². The number of benzene rings is 2. The van der Waals surface area contributed by atoms with E-state index in [0.29, 0.717) is 19.5 Å². The van der Waals surface area contributed by atoms with Crippen LogP contribution in [0.4, 0.5) is 11.4 Å². The van der Waals surface area contributed by atoms with Gasteiger partial charge in [-0.05, 0) is 42.3 Å². The van der Waals surface area contributed by atoms with Gasteiger partial charge in [-0.3, -0.25) is 9.59 Å². The number of hydrogen-bond acceptors (Lipinski definition) is 3. The summed E-state index contributed by atoms with van der Waals surface area (Å²) >= 11 is 0. The predicted octanol–water partition coefficient (Wildman–Crippen LogP) is 4.18. The molecule has 1 aliphatic rings. The summed E-state index contributed by atoms with van der Waals surface area (Å²) in [5.74, 6) is 0.119. The van der Waals surface area contributed by atoms with Crippen molar-refractivity contribution >= 4 is 29.3 Å². The van der Waals surface area contributed by atoms with Crippen molar-refractivity contribution in [1.29, 1.82) is 0 Å². The third-order valence-corrected chi connectivity index (χ3v) is 5.08. The van der Waals surface area contributed by atoms with Gasteiger partial charge in [0, 0.05) is 50.1 Å². The van der Waals surface area contributed by atoms with Crippen LogP contribution in [0.25, 0.3) is 6.08 Å². The highest BCUT2D eigenvalue weighted by atomic mass is 16.2. The second-order valence-corrected chi connectivity index (χ2v) is 7.25. The Morgan fingerprint density at radius 2 is 1.66 bits per heavy atom. The van der Waals surface area contributed by atoms with E-state index in [1.54, 1.807) is 6.08 Å². The smallest absolute Gasteiger partial charge is 0.246 e. The second kappa shape index (κ2) is 10.5. The van der Waals surface area contributed by atoms with Crippen LogP contribution in [0.5, 0.6) is 0 Å². The number of carbonyl (C=O) groups excluding carboxylic acids is 2. The summed E-state index contributed by atoms with van der Waals surface area (Å²) in [5.41, 5.74) is 2.97. The Morgan fingerprint density at radius 3 is 2.31 bits per heavy atom. The minimum atomic E-state index is 0.0543. The first kappa shape index (κ1) is 20.6. The van der Waals surface area contributed by atoms with Crippen LogP contribution < -0.4 is 10.2 Å². The Kier molecular flexibility index (Phi) is 7.45. The molecule has 1 N–H and O–H groups in total. The standard InChI is InChI=1S/C24H29N3O2/c1-2-3-9-23(28)25-21-11-13-22(14-12-21)26-16-18-27(19-17-26)24(29)15-10-20-7-5-4-6-8-20/h4-8,10-15H,2-3,9,16-19H2,1H3,(H,25,28)/b15-10+. The lowest BCUT2D eigenvalue weighted by molar-refractivity contribution is -0.126. The molecule has 0 radical (unpaired) electrons. The molecule has 29 heavy (non-hydrogen) atoms. The van der Waals surface area contributed by atoms with Crippen LogP contribution in [0.2, 0.25) is 0 Å². The molecule has 152 valence electrons. The van der Waals surface area contributed by atoms with Gasteiger partial charge < -0.3 is 15.1 Å². The molecule has 2 amide bonds. The fraction of sp³-hybridized carbons (Fsp3) is 0.333. The highest BCUT2D eigenvalue weighted by molar-refractivity contribution is 5.92. The predicted molar refractivity (Wildman–Crippen MR) is 119 cm³/mol. The molecule has 1 fully saturated rings. The number of rotatable bonds is 7. The molecule has 0 saturated carbocycles. The van der Waals surface area contributed by atoms with E-state index in [2.05, 4.69) is 17.1 Å². The largest absolute Gasteiger partial charge is 0.368 e. The molecule has 3 rings (SSSR count). The minimum absolute atomic E-state index is 0.0543. The van der Waals surface area contributed by atoms with Crippen molar-refractivity contribution < 1.29 is 9.59 Å². The Hall–Kier alpha value is -3.08. The Bertz CT molecular complexity index is 823. The normalized spacial score (nSPS) is 14.2. The van der Waals surface area contributed by atoms with E-state index in [4.69, 9.17) is 0 Å². The molecule has 2 aromatic rings. The zero-order valence-electron chi connectivity index (χ0n) is 17.0. The second-order valence-electron chi connectivity index (χ2n) is 7.25. The molecule has 0 spiro atoms. The maximum Gasteiger partial charge on any atom is 0.246 e. The van der Waals surface area contributed by atoms with E-state index in [-0.39, 0.29) is 11.8 Å². The molecular formula is C24H29N3O2. The van der Waals surface area contributed by atoms with E-state index in [1.165, 1.54) is 0 Å². The minimum Gasteiger partial charge on any atom is -0.368 e. The van der Waals surface area contributed by atoms with Crippen LogP contribution in [0.15, 0.2) is 60.7 Å². The van der Waals surface area contributed by atoms with Crippen LogP contribution in [0.3, 0.4) is 0 Å². The highest BCUT2D eigenvalue weighted by Crippen LogP contribution is 2.20. The molecule has 0 aromatic heterocycles. The molecule has 0 aliphatic carbocycles. The van der Waals surface area contributed by atoms with Crippen molar-refractivity contribution in [3.63, 3.8) is 0 Å². The molecule has 0 unspecified atom stereocenters. The number of unbranched alkanes of at least 4 members (excludes halogenated alkanes) is 1. The number of amides is 2. The van der Waals surface area contributed by atoms with Crippen molar-refractivity contribution in [3.8, 4) is 0 Å². The summed E-state index contributed by atoms with van der Waals surface area (Å²) < 4.78 is 0. The zero-order chi connectivity index (χ0) is 20.5. The summed E-state index contributed by atoms with van der Waals surface area (Å²) in [6, 6.07) is 17.8. The van der Waals surface area contributed by atoms with Gasteiger partial charge in [-0.1, -0.05) is 43.7 Å². The van der Waals surface area contributed by atoms with Crippen LogP contribution in [0, 0.1) is 0 Å². The summed E-state index contributed by atoms with van der Waals surface area (Å²) in [6.45, 7) is 5.08. The topological polar surface area (TPSA) is 52.7 Å². The molecule has 5 heteroatoms. The fourth-order valence-corrected chi connectivity index (χ4v) is 3.34. The molecule has 2 aromatic carbocycles. The lowest BCUT2D eigenvalue weighted by Crippen LogP contribution is -2.48. The molecule has 0 bridgehead atoms. The maximum absolute atomic E-state index is 12.4. The van der Waals surface area contributed by atoms with E-state index >= 15 is 0 Å². The van der Waals surface area contributed by atoms with Crippen molar-refractivity contribution in [2.75, 3.05) is 36.4 Å². The summed E-state index contributed by atoms with van der Waals surface area (Å²) in [4.78, 5) is 28.4. The number of piperazine rings is 1. The van der Waals surface area contributed by atoms with Crippen LogP contribution in [-0.2, 0) is 9.59 Å². The van der Waals surface area contributed by atoms with Crippen LogP contribution >= 0.6 is 0 Å². The lowest BCUT2D eigenvalue weighted by Gasteiger charge is -2.35. The van der Waals surface area contributed by atoms with Gasteiger partial charge >= 0.3 is 0 Å². The van der Waals surface area contributed by atoms with Gasteiger partial charge in [0.25, 0.3) is 0 Å². The van der Waals surface area contributed by atoms with Crippen LogP contribution in [0.1, 0.15) is 31.7 Å². The van der Waals surface area contributed by atoms with Gasteiger partial charge in [-0.15, -0.1) is 0 Å². The van der Waals surface area contributed by atoms with Crippen molar-refractivity contribution in [3.05, 3.63) is 66.2 Å². The Morgan fingerprint density at radius 1 is 0.966 bits per heavy atom. The van der Waals surface area contributed by atoms with E-state index in [0.717, 1.165) is 42.9 Å². The average molecular weight is 392 g/mol. The van der Waals surface area contributed by atoms with Gasteiger partial charge in [-0.2, -0.15) is 0 Å². The number of nitrogens with zero attached hydrogens (tertiary/aromatic N) is 2. The monoisotopic (exact) mass is 391 g/mol. The fourth-order valence-electron chi connectivity index (χ4n) is 3.34. The molecular weight excluding hydrogens is 362 g/mol. The third-order valence-electron chi connectivity index (χ3n) is 5.08. The number of anilines is 2. The number of hydrogen-bond donors (Lipinski definition) is 1. The van der Waals surface area contributed by atoms with Gasteiger partial charge in [0.1, 0.15) is 0 Å². The summed E-state index contributed by atoms with van der Waals surface area (Å²) in [6.07, 6.45) is 6.01. The summed E-state index contributed by atoms with van der Waals surface area (Å²) in [5, 5.41) is 2.94. The zero-order valence-corrected chi connectivity index (χ0v) is 17.0. The first-order valence-electron chi connectivity index (χ1n) is 10.3. The van der Waals surface area contributed by atoms with Crippen molar-refractivity contribution in [2.45, 2.75) is 26.2 Å².